The quantitative estimate of drug-likeness (QED) is 0.785. The number of nitrogens with one attached hydrogen (secondary N) is 1. The van der Waals surface area contributed by atoms with Crippen molar-refractivity contribution in [2.24, 2.45) is 0 Å². The summed E-state index contributed by atoms with van der Waals surface area (Å²) < 4.78 is 10.8. The van der Waals surface area contributed by atoms with E-state index in [-0.39, 0.29) is 22.6 Å². The molecular weight excluding hydrogens is 354 g/mol. The maximum absolute atomic E-state index is 12.7. The average Bonchev–Trinajstić information content (AvgIpc) is 2.93. The summed E-state index contributed by atoms with van der Waals surface area (Å²) in [5.74, 6) is 1.49. The van der Waals surface area contributed by atoms with Crippen LogP contribution in [-0.2, 0) is 4.79 Å². The molecule has 0 unspecified atom stereocenters. The summed E-state index contributed by atoms with van der Waals surface area (Å²) in [6, 6.07) is 5.44. The van der Waals surface area contributed by atoms with E-state index in [1.165, 1.54) is 0 Å². The van der Waals surface area contributed by atoms with Gasteiger partial charge in [0.25, 0.3) is 0 Å². The number of benzene rings is 1. The smallest absolute Gasteiger partial charge is 0.317 e. The third-order valence-corrected chi connectivity index (χ3v) is 5.68. The lowest BCUT2D eigenvalue weighted by Gasteiger charge is -2.28. The van der Waals surface area contributed by atoms with Crippen LogP contribution in [0.5, 0.6) is 11.5 Å². The van der Waals surface area contributed by atoms with Gasteiger partial charge in [0.05, 0.1) is 19.5 Å². The van der Waals surface area contributed by atoms with Gasteiger partial charge >= 0.3 is 6.03 Å². The van der Waals surface area contributed by atoms with Crippen LogP contribution in [0.15, 0.2) is 18.2 Å². The molecule has 0 radical (unpaired) electrons. The van der Waals surface area contributed by atoms with Crippen LogP contribution < -0.4 is 14.8 Å². The summed E-state index contributed by atoms with van der Waals surface area (Å²) >= 11 is 1.58. The Labute approximate surface area is 159 Å². The lowest BCUT2D eigenvalue weighted by atomic mass is 10.1. The molecule has 1 aliphatic heterocycles. The summed E-state index contributed by atoms with van der Waals surface area (Å²) in [6.45, 7) is 5.25. The average molecular weight is 381 g/mol. The van der Waals surface area contributed by atoms with Crippen LogP contribution in [0.1, 0.15) is 24.8 Å². The lowest BCUT2D eigenvalue weighted by Crippen LogP contribution is -2.42. The molecule has 144 valence electrons. The minimum absolute atomic E-state index is 0.0640. The summed E-state index contributed by atoms with van der Waals surface area (Å²) in [6.07, 6.45) is 0. The van der Waals surface area contributed by atoms with Crippen LogP contribution in [0.25, 0.3) is 0 Å². The SMILES string of the molecule is CCNC(=O)N(C)CCN1C(=O)[C@@H](C)S[C@@H]1c1cc(OC)ccc1OC. The molecule has 1 N–H and O–H groups in total. The summed E-state index contributed by atoms with van der Waals surface area (Å²) in [7, 11) is 4.95. The van der Waals surface area contributed by atoms with Gasteiger partial charge in [-0.3, -0.25) is 4.79 Å². The zero-order chi connectivity index (χ0) is 19.3. The Kier molecular flexibility index (Phi) is 7.02. The first kappa shape index (κ1) is 20.2. The molecule has 1 aromatic rings. The molecule has 8 heteroatoms. The van der Waals surface area contributed by atoms with E-state index in [1.54, 1.807) is 37.9 Å². The number of amides is 3. The molecular formula is C18H27N3O4S. The zero-order valence-corrected chi connectivity index (χ0v) is 16.8. The molecule has 1 fully saturated rings. The molecule has 1 saturated heterocycles. The highest BCUT2D eigenvalue weighted by molar-refractivity contribution is 8.01. The van der Waals surface area contributed by atoms with Gasteiger partial charge in [-0.1, -0.05) is 0 Å². The maximum Gasteiger partial charge on any atom is 0.317 e. The fourth-order valence-electron chi connectivity index (χ4n) is 2.82. The fourth-order valence-corrected chi connectivity index (χ4v) is 4.15. The van der Waals surface area contributed by atoms with Gasteiger partial charge in [0.1, 0.15) is 16.9 Å². The largest absolute Gasteiger partial charge is 0.497 e. The second kappa shape index (κ2) is 9.02. The lowest BCUT2D eigenvalue weighted by molar-refractivity contribution is -0.129. The van der Waals surface area contributed by atoms with Gasteiger partial charge < -0.3 is 24.6 Å². The molecule has 3 amide bonds. The number of likely N-dealkylation sites (N-methyl/N-ethyl adjacent to an activating group) is 1. The molecule has 0 aromatic heterocycles. The first-order chi connectivity index (χ1) is 12.4. The van der Waals surface area contributed by atoms with Crippen molar-refractivity contribution in [1.29, 1.82) is 0 Å². The van der Waals surface area contributed by atoms with E-state index in [1.807, 2.05) is 36.9 Å². The van der Waals surface area contributed by atoms with Crippen LogP contribution >= 0.6 is 11.8 Å². The van der Waals surface area contributed by atoms with Crippen molar-refractivity contribution < 1.29 is 19.1 Å². The molecule has 0 bridgehead atoms. The number of methoxy groups -OCH3 is 2. The van der Waals surface area contributed by atoms with Crippen LogP contribution in [-0.4, -0.2) is 67.9 Å². The number of carbonyl (C=O) groups excluding carboxylic acids is 2. The zero-order valence-electron chi connectivity index (χ0n) is 15.9. The van der Waals surface area contributed by atoms with Crippen molar-refractivity contribution in [2.45, 2.75) is 24.5 Å². The van der Waals surface area contributed by atoms with Crippen LogP contribution in [0.2, 0.25) is 0 Å². The number of urea groups is 1. The van der Waals surface area contributed by atoms with Crippen molar-refractivity contribution in [3.63, 3.8) is 0 Å². The van der Waals surface area contributed by atoms with Gasteiger partial charge in [-0.05, 0) is 32.0 Å². The topological polar surface area (TPSA) is 71.1 Å². The van der Waals surface area contributed by atoms with Crippen molar-refractivity contribution in [3.8, 4) is 11.5 Å². The standard InChI is InChI=1S/C18H27N3O4S/c1-6-19-18(23)20(3)9-10-21-16(22)12(2)26-17(21)14-11-13(24-4)7-8-15(14)25-5/h7-8,11-12,17H,6,9-10H2,1-5H3,(H,19,23)/t12-,17-/m1/s1. The minimum atomic E-state index is -0.176. The Bertz CT molecular complexity index is 655. The second-order valence-electron chi connectivity index (χ2n) is 6.03. The Morgan fingerprint density at radius 2 is 2.08 bits per heavy atom. The van der Waals surface area contributed by atoms with Crippen molar-refractivity contribution in [3.05, 3.63) is 23.8 Å². The highest BCUT2D eigenvalue weighted by Gasteiger charge is 2.39. The molecule has 2 atom stereocenters. The molecule has 26 heavy (non-hydrogen) atoms. The van der Waals surface area contributed by atoms with E-state index in [9.17, 15) is 9.59 Å². The van der Waals surface area contributed by atoms with Crippen molar-refractivity contribution in [1.82, 2.24) is 15.1 Å². The van der Waals surface area contributed by atoms with Gasteiger partial charge in [-0.2, -0.15) is 0 Å². The summed E-state index contributed by atoms with van der Waals surface area (Å²) in [5, 5.41) is 2.44. The number of nitrogens with zero attached hydrogens (tertiary/aromatic N) is 2. The normalized spacial score (nSPS) is 19.4. The van der Waals surface area contributed by atoms with Crippen LogP contribution in [0.4, 0.5) is 4.79 Å². The Morgan fingerprint density at radius 1 is 1.35 bits per heavy atom. The van der Waals surface area contributed by atoms with Crippen molar-refractivity contribution in [2.75, 3.05) is 40.9 Å². The molecule has 0 spiro atoms. The maximum atomic E-state index is 12.7. The third-order valence-electron chi connectivity index (χ3n) is 4.30. The molecule has 0 saturated carbocycles. The van der Waals surface area contributed by atoms with Gasteiger partial charge in [0, 0.05) is 32.2 Å². The Hall–Kier alpha value is -2.09. The van der Waals surface area contributed by atoms with Gasteiger partial charge in [0.15, 0.2) is 0 Å². The first-order valence-corrected chi connectivity index (χ1v) is 9.54. The fraction of sp³-hybridized carbons (Fsp3) is 0.556. The van der Waals surface area contributed by atoms with Crippen LogP contribution in [0.3, 0.4) is 0 Å². The summed E-state index contributed by atoms with van der Waals surface area (Å²) in [4.78, 5) is 28.0. The number of hydrogen-bond acceptors (Lipinski definition) is 5. The number of ether oxygens (including phenoxy) is 2. The number of carbonyl (C=O) groups is 2. The molecule has 1 aromatic carbocycles. The predicted molar refractivity (Wildman–Crippen MR) is 103 cm³/mol. The van der Waals surface area contributed by atoms with E-state index in [0.29, 0.717) is 31.1 Å². The molecule has 2 rings (SSSR count). The highest BCUT2D eigenvalue weighted by atomic mass is 32.2. The Morgan fingerprint density at radius 3 is 2.69 bits per heavy atom. The van der Waals surface area contributed by atoms with Gasteiger partial charge in [-0.15, -0.1) is 11.8 Å². The number of thioether (sulfide) groups is 1. The second-order valence-corrected chi connectivity index (χ2v) is 7.45. The van der Waals surface area contributed by atoms with Crippen molar-refractivity contribution >= 4 is 23.7 Å². The number of hydrogen-bond donors (Lipinski definition) is 1. The third kappa shape index (κ3) is 4.35. The van der Waals surface area contributed by atoms with Crippen LogP contribution in [0, 0.1) is 0 Å². The highest BCUT2D eigenvalue weighted by Crippen LogP contribution is 2.46. The predicted octanol–water partition coefficient (Wildman–Crippen LogP) is 2.33. The minimum Gasteiger partial charge on any atom is -0.497 e. The first-order valence-electron chi connectivity index (χ1n) is 8.59. The van der Waals surface area contributed by atoms with Gasteiger partial charge in [0.2, 0.25) is 5.91 Å². The molecule has 0 aliphatic carbocycles. The summed E-state index contributed by atoms with van der Waals surface area (Å²) in [5.41, 5.74) is 0.898. The monoisotopic (exact) mass is 381 g/mol. The van der Waals surface area contributed by atoms with E-state index in [4.69, 9.17) is 9.47 Å². The van der Waals surface area contributed by atoms with E-state index in [2.05, 4.69) is 5.32 Å². The van der Waals surface area contributed by atoms with E-state index in [0.717, 1.165) is 5.56 Å². The van der Waals surface area contributed by atoms with Gasteiger partial charge in [-0.25, -0.2) is 4.79 Å². The number of rotatable bonds is 7. The van der Waals surface area contributed by atoms with E-state index < -0.39 is 0 Å². The van der Waals surface area contributed by atoms with E-state index >= 15 is 0 Å². The Balaban J connectivity index is 2.21. The molecule has 1 heterocycles. The molecule has 1 aliphatic rings. The molecule has 7 nitrogen and oxygen atoms in total.